The Morgan fingerprint density at radius 3 is 2.82 bits per heavy atom. The molecular formula is C21H21F2N3O2. The summed E-state index contributed by atoms with van der Waals surface area (Å²) in [6.45, 7) is 2.48. The molecule has 0 aliphatic carbocycles. The number of nitrogens with zero attached hydrogens (tertiary/aromatic N) is 2. The van der Waals surface area contributed by atoms with Crippen molar-refractivity contribution in [2.24, 2.45) is 4.99 Å². The van der Waals surface area contributed by atoms with E-state index in [-0.39, 0.29) is 11.7 Å². The number of aromatic amines is 1. The van der Waals surface area contributed by atoms with Gasteiger partial charge in [-0.25, -0.2) is 8.78 Å². The second-order valence-electron chi connectivity index (χ2n) is 6.86. The highest BCUT2D eigenvalue weighted by atomic mass is 19.1. The molecule has 0 radical (unpaired) electrons. The fourth-order valence-electron chi connectivity index (χ4n) is 3.35. The first kappa shape index (κ1) is 18.4. The van der Waals surface area contributed by atoms with Crippen molar-refractivity contribution in [3.8, 4) is 11.6 Å². The Morgan fingerprint density at radius 1 is 1.25 bits per heavy atom. The first-order valence-electron chi connectivity index (χ1n) is 9.22. The molecule has 4 rings (SSSR count). The summed E-state index contributed by atoms with van der Waals surface area (Å²) in [6, 6.07) is 11.5. The van der Waals surface area contributed by atoms with Crippen LogP contribution in [0.15, 0.2) is 47.5 Å². The Bertz CT molecular complexity index is 985. The van der Waals surface area contributed by atoms with E-state index in [1.54, 1.807) is 18.2 Å². The number of hydrogen-bond donors (Lipinski definition) is 2. The van der Waals surface area contributed by atoms with Gasteiger partial charge < -0.3 is 14.8 Å². The van der Waals surface area contributed by atoms with E-state index in [1.807, 2.05) is 12.1 Å². The molecule has 0 saturated carbocycles. The average Bonchev–Trinajstić information content (AvgIpc) is 3.23. The number of halogens is 2. The molecule has 28 heavy (non-hydrogen) atoms. The van der Waals surface area contributed by atoms with Gasteiger partial charge in [0.05, 0.1) is 11.3 Å². The largest absolute Gasteiger partial charge is 0.494 e. The molecule has 7 heteroatoms. The number of aliphatic imine (C=N–C) groups is 1. The SMILES string of the molecule is Oc1[nH]c2ccc(F)cc2c1C=Nc1ccc(OCCN2CCC(F)C2)cc1. The van der Waals surface area contributed by atoms with Gasteiger partial charge in [-0.05, 0) is 48.9 Å². The molecule has 1 atom stereocenters. The quantitative estimate of drug-likeness (QED) is 0.626. The standard InChI is InChI=1S/C21H21F2N3O2/c22-14-1-6-20-18(11-14)19(21(27)25-20)12-24-16-2-4-17(5-3-16)28-10-9-26-8-7-15(23)13-26/h1-6,11-12,15,25,27H,7-10,13H2. The van der Waals surface area contributed by atoms with Gasteiger partial charge in [0.1, 0.15) is 24.3 Å². The van der Waals surface area contributed by atoms with Crippen LogP contribution in [0.5, 0.6) is 11.6 Å². The zero-order chi connectivity index (χ0) is 19.5. The van der Waals surface area contributed by atoms with Crippen LogP contribution >= 0.6 is 0 Å². The number of benzene rings is 2. The summed E-state index contributed by atoms with van der Waals surface area (Å²) in [5.41, 5.74) is 1.75. The van der Waals surface area contributed by atoms with E-state index >= 15 is 0 Å². The van der Waals surface area contributed by atoms with Gasteiger partial charge in [-0.15, -0.1) is 0 Å². The van der Waals surface area contributed by atoms with Crippen LogP contribution in [0, 0.1) is 5.82 Å². The normalized spacial score (nSPS) is 17.7. The first-order chi connectivity index (χ1) is 13.6. The van der Waals surface area contributed by atoms with Crippen molar-refractivity contribution in [2.75, 3.05) is 26.2 Å². The number of nitrogens with one attached hydrogen (secondary N) is 1. The number of ether oxygens (including phenoxy) is 1. The van der Waals surface area contributed by atoms with E-state index in [0.29, 0.717) is 54.0 Å². The summed E-state index contributed by atoms with van der Waals surface area (Å²) < 4.78 is 32.3. The van der Waals surface area contributed by atoms with E-state index in [4.69, 9.17) is 4.74 Å². The van der Waals surface area contributed by atoms with Crippen molar-refractivity contribution in [3.05, 3.63) is 53.8 Å². The summed E-state index contributed by atoms with van der Waals surface area (Å²) in [5.74, 6) is 0.285. The van der Waals surface area contributed by atoms with Crippen LogP contribution in [0.1, 0.15) is 12.0 Å². The molecule has 1 aliphatic heterocycles. The summed E-state index contributed by atoms with van der Waals surface area (Å²) in [7, 11) is 0. The summed E-state index contributed by atoms with van der Waals surface area (Å²) in [5, 5.41) is 10.6. The highest BCUT2D eigenvalue weighted by Gasteiger charge is 2.21. The lowest BCUT2D eigenvalue weighted by Crippen LogP contribution is -2.26. The van der Waals surface area contributed by atoms with Crippen LogP contribution in [0.3, 0.4) is 0 Å². The van der Waals surface area contributed by atoms with Crippen LogP contribution in [-0.2, 0) is 0 Å². The third-order valence-corrected chi connectivity index (χ3v) is 4.85. The van der Waals surface area contributed by atoms with Gasteiger partial charge in [-0.3, -0.25) is 9.89 Å². The molecule has 146 valence electrons. The van der Waals surface area contributed by atoms with Crippen LogP contribution in [0.4, 0.5) is 14.5 Å². The number of rotatable bonds is 6. The second kappa shape index (κ2) is 7.98. The van der Waals surface area contributed by atoms with E-state index in [0.717, 1.165) is 6.54 Å². The number of fused-ring (bicyclic) bond motifs is 1. The zero-order valence-corrected chi connectivity index (χ0v) is 15.2. The Hall–Kier alpha value is -2.93. The lowest BCUT2D eigenvalue weighted by molar-refractivity contribution is 0.224. The van der Waals surface area contributed by atoms with Gasteiger partial charge in [-0.1, -0.05) is 0 Å². The topological polar surface area (TPSA) is 60.9 Å². The average molecular weight is 385 g/mol. The Labute approximate surface area is 161 Å². The predicted molar refractivity (Wildman–Crippen MR) is 105 cm³/mol. The van der Waals surface area contributed by atoms with Crippen molar-refractivity contribution in [1.82, 2.24) is 9.88 Å². The molecule has 2 aromatic carbocycles. The van der Waals surface area contributed by atoms with Crippen molar-refractivity contribution in [1.29, 1.82) is 0 Å². The number of aromatic hydroxyl groups is 1. The van der Waals surface area contributed by atoms with Crippen LogP contribution < -0.4 is 4.74 Å². The lowest BCUT2D eigenvalue weighted by Gasteiger charge is -2.14. The van der Waals surface area contributed by atoms with Gasteiger partial charge >= 0.3 is 0 Å². The van der Waals surface area contributed by atoms with Crippen molar-refractivity contribution in [2.45, 2.75) is 12.6 Å². The molecule has 1 unspecified atom stereocenters. The zero-order valence-electron chi connectivity index (χ0n) is 15.2. The summed E-state index contributed by atoms with van der Waals surface area (Å²) in [6.07, 6.45) is 1.39. The maximum Gasteiger partial charge on any atom is 0.198 e. The second-order valence-corrected chi connectivity index (χ2v) is 6.86. The molecule has 1 aromatic heterocycles. The fraction of sp³-hybridized carbons (Fsp3) is 0.286. The minimum atomic E-state index is -0.717. The number of likely N-dealkylation sites (tertiary alicyclic amines) is 1. The number of alkyl halides is 1. The molecule has 1 aliphatic rings. The smallest absolute Gasteiger partial charge is 0.198 e. The highest BCUT2D eigenvalue weighted by molar-refractivity contribution is 6.02. The Kier molecular flexibility index (Phi) is 5.25. The van der Waals surface area contributed by atoms with Crippen LogP contribution in [0.25, 0.3) is 10.9 Å². The molecule has 2 heterocycles. The molecule has 1 fully saturated rings. The molecule has 5 nitrogen and oxygen atoms in total. The molecule has 3 aromatic rings. The maximum absolute atomic E-state index is 13.5. The van der Waals surface area contributed by atoms with Gasteiger partial charge in [0.15, 0.2) is 5.88 Å². The van der Waals surface area contributed by atoms with Gasteiger partial charge in [0.2, 0.25) is 0 Å². The summed E-state index contributed by atoms with van der Waals surface area (Å²) >= 11 is 0. The first-order valence-corrected chi connectivity index (χ1v) is 9.22. The maximum atomic E-state index is 13.5. The van der Waals surface area contributed by atoms with E-state index in [2.05, 4.69) is 14.9 Å². The number of aromatic nitrogens is 1. The monoisotopic (exact) mass is 385 g/mol. The predicted octanol–water partition coefficient (Wildman–Crippen LogP) is 4.19. The molecular weight excluding hydrogens is 364 g/mol. The van der Waals surface area contributed by atoms with E-state index < -0.39 is 6.17 Å². The molecule has 0 spiro atoms. The van der Waals surface area contributed by atoms with Crippen molar-refractivity contribution < 1.29 is 18.6 Å². The lowest BCUT2D eigenvalue weighted by atomic mass is 10.2. The summed E-state index contributed by atoms with van der Waals surface area (Å²) in [4.78, 5) is 9.20. The van der Waals surface area contributed by atoms with Crippen LogP contribution in [0.2, 0.25) is 0 Å². The Morgan fingerprint density at radius 2 is 2.07 bits per heavy atom. The minimum absolute atomic E-state index is 0.0539. The van der Waals surface area contributed by atoms with Gasteiger partial charge in [0, 0.05) is 36.8 Å². The third-order valence-electron chi connectivity index (χ3n) is 4.85. The number of H-pyrrole nitrogens is 1. The van der Waals surface area contributed by atoms with E-state index in [9.17, 15) is 13.9 Å². The number of hydrogen-bond acceptors (Lipinski definition) is 4. The molecule has 0 bridgehead atoms. The van der Waals surface area contributed by atoms with Gasteiger partial charge in [0.25, 0.3) is 0 Å². The molecule has 1 saturated heterocycles. The van der Waals surface area contributed by atoms with Crippen molar-refractivity contribution in [3.63, 3.8) is 0 Å². The van der Waals surface area contributed by atoms with E-state index in [1.165, 1.54) is 18.3 Å². The molecule has 0 amide bonds. The third kappa shape index (κ3) is 4.14. The van der Waals surface area contributed by atoms with Crippen LogP contribution in [-0.4, -0.2) is 53.6 Å². The van der Waals surface area contributed by atoms with Crippen molar-refractivity contribution >= 4 is 22.8 Å². The van der Waals surface area contributed by atoms with Gasteiger partial charge in [-0.2, -0.15) is 0 Å². The highest BCUT2D eigenvalue weighted by Crippen LogP contribution is 2.27. The molecule has 2 N–H and O–H groups in total. The minimum Gasteiger partial charge on any atom is -0.494 e. The Balaban J connectivity index is 1.38. The fourth-order valence-corrected chi connectivity index (χ4v) is 3.35.